The van der Waals surface area contributed by atoms with Gasteiger partial charge in [-0.1, -0.05) is 73.2 Å². The fourth-order valence-corrected chi connectivity index (χ4v) is 7.69. The van der Waals surface area contributed by atoms with Crippen molar-refractivity contribution < 1.29 is 29.4 Å². The van der Waals surface area contributed by atoms with Gasteiger partial charge < -0.3 is 24.8 Å². The summed E-state index contributed by atoms with van der Waals surface area (Å²) in [6.07, 6.45) is 8.07. The maximum Gasteiger partial charge on any atom is 0.243 e. The lowest BCUT2D eigenvalue weighted by molar-refractivity contribution is -0.253. The van der Waals surface area contributed by atoms with E-state index in [1.165, 1.54) is 38.8 Å². The molecule has 0 aliphatic carbocycles. The van der Waals surface area contributed by atoms with Gasteiger partial charge in [0.05, 0.1) is 18.8 Å². The number of aliphatic hydroxyl groups is 1. The maximum absolute atomic E-state index is 12.4. The minimum absolute atomic E-state index is 0.0170. The Hall–Kier alpha value is -3.64. The van der Waals surface area contributed by atoms with Crippen molar-refractivity contribution in [2.75, 3.05) is 32.7 Å². The lowest BCUT2D eigenvalue weighted by Gasteiger charge is -2.39. The van der Waals surface area contributed by atoms with Crippen LogP contribution in [0.15, 0.2) is 72.8 Å². The highest BCUT2D eigenvalue weighted by molar-refractivity contribution is 5.76. The van der Waals surface area contributed by atoms with Crippen LogP contribution >= 0.6 is 0 Å². The van der Waals surface area contributed by atoms with E-state index in [4.69, 9.17) is 14.7 Å². The summed E-state index contributed by atoms with van der Waals surface area (Å²) in [6.45, 7) is 6.08. The highest BCUT2D eigenvalue weighted by atomic mass is 16.7. The van der Waals surface area contributed by atoms with Crippen molar-refractivity contribution in [3.63, 3.8) is 0 Å². The molecular weight excluding hydrogens is 644 g/mol. The topological polar surface area (TPSA) is 124 Å². The number of rotatable bonds is 16. The van der Waals surface area contributed by atoms with Crippen molar-refractivity contribution in [3.05, 3.63) is 95.1 Å². The number of unbranched alkanes of at least 4 members (excludes halogenated alkanes) is 2. The summed E-state index contributed by atoms with van der Waals surface area (Å²) in [4.78, 5) is 28.8. The van der Waals surface area contributed by atoms with Gasteiger partial charge in [0.2, 0.25) is 11.8 Å². The van der Waals surface area contributed by atoms with Crippen LogP contribution in [0.25, 0.3) is 11.1 Å². The van der Waals surface area contributed by atoms with Crippen molar-refractivity contribution >= 4 is 11.8 Å². The van der Waals surface area contributed by atoms with Gasteiger partial charge in [0.15, 0.2) is 6.29 Å². The number of likely N-dealkylation sites (tertiary alicyclic amines) is 2. The van der Waals surface area contributed by atoms with Gasteiger partial charge in [-0.05, 0) is 92.0 Å². The summed E-state index contributed by atoms with van der Waals surface area (Å²) >= 11 is 0. The molecule has 4 N–H and O–H groups in total. The number of hydrogen-bond acceptors (Lipinski definition) is 8. The molecule has 0 radical (unpaired) electrons. The Labute approximate surface area is 302 Å². The first-order chi connectivity index (χ1) is 25.0. The second kappa shape index (κ2) is 18.7. The van der Waals surface area contributed by atoms with Gasteiger partial charge >= 0.3 is 0 Å². The number of amides is 2. The molecule has 6 rings (SSSR count). The van der Waals surface area contributed by atoms with E-state index in [1.54, 1.807) is 5.48 Å². The Bertz CT molecular complexity index is 1540. The van der Waals surface area contributed by atoms with Crippen LogP contribution in [0.2, 0.25) is 0 Å². The van der Waals surface area contributed by atoms with E-state index in [0.29, 0.717) is 31.8 Å². The smallest absolute Gasteiger partial charge is 0.243 e. The molecule has 3 aromatic carbocycles. The van der Waals surface area contributed by atoms with Gasteiger partial charge in [-0.3, -0.25) is 19.7 Å². The van der Waals surface area contributed by atoms with Crippen LogP contribution in [0.4, 0.5) is 0 Å². The maximum atomic E-state index is 12.4. The number of ether oxygens (including phenoxy) is 2. The number of carbonyl (C=O) groups excluding carboxylic acids is 2. The zero-order valence-corrected chi connectivity index (χ0v) is 29.7. The minimum atomic E-state index is -0.492. The van der Waals surface area contributed by atoms with Crippen LogP contribution in [-0.4, -0.2) is 76.8 Å². The Morgan fingerprint density at radius 3 is 2.25 bits per heavy atom. The van der Waals surface area contributed by atoms with Gasteiger partial charge in [-0.15, -0.1) is 0 Å². The highest BCUT2D eigenvalue weighted by Crippen LogP contribution is 2.39. The third kappa shape index (κ3) is 10.7. The zero-order valence-electron chi connectivity index (χ0n) is 29.7. The molecular formula is C41H54N4O6. The number of hydroxylamine groups is 1. The molecule has 51 heavy (non-hydrogen) atoms. The van der Waals surface area contributed by atoms with Crippen molar-refractivity contribution in [1.29, 1.82) is 0 Å². The summed E-state index contributed by atoms with van der Waals surface area (Å²) in [5.74, 6) is -0.417. The Morgan fingerprint density at radius 1 is 0.765 bits per heavy atom. The van der Waals surface area contributed by atoms with E-state index >= 15 is 0 Å². The van der Waals surface area contributed by atoms with E-state index in [-0.39, 0.29) is 31.1 Å². The third-order valence-electron chi connectivity index (χ3n) is 10.6. The molecule has 10 heteroatoms. The second-order valence-electron chi connectivity index (χ2n) is 14.3. The molecule has 3 heterocycles. The van der Waals surface area contributed by atoms with E-state index < -0.39 is 12.2 Å². The number of aliphatic hydroxyl groups excluding tert-OH is 1. The molecule has 10 nitrogen and oxygen atoms in total. The molecule has 3 aliphatic rings. The van der Waals surface area contributed by atoms with Gasteiger partial charge in [-0.2, -0.15) is 0 Å². The average molecular weight is 699 g/mol. The lowest BCUT2D eigenvalue weighted by atomic mass is 9.98. The van der Waals surface area contributed by atoms with E-state index in [2.05, 4.69) is 63.6 Å². The van der Waals surface area contributed by atoms with Crippen molar-refractivity contribution in [1.82, 2.24) is 20.6 Å². The molecule has 4 atom stereocenters. The molecule has 0 unspecified atom stereocenters. The summed E-state index contributed by atoms with van der Waals surface area (Å²) in [5.41, 5.74) is 7.77. The van der Waals surface area contributed by atoms with Gasteiger partial charge in [0, 0.05) is 50.5 Å². The predicted octanol–water partition coefficient (Wildman–Crippen LogP) is 6.02. The van der Waals surface area contributed by atoms with Gasteiger partial charge in [-0.25, -0.2) is 5.48 Å². The molecule has 0 saturated carbocycles. The summed E-state index contributed by atoms with van der Waals surface area (Å²) in [6, 6.07) is 25.3. The monoisotopic (exact) mass is 698 g/mol. The standard InChI is InChI=1S/C41H54N4O6/c46-29-30-13-15-33(16-14-30)38-25-37(28-45-23-7-10-36(45)27-44-21-4-5-22-44)50-41(51-38)34-19-17-32(18-20-34)35-9-6-8-31(24-35)26-42-39(47)11-2-1-3-12-40(48)43-49/h6,8-9,13-20,24,36-38,41,46,49H,1-5,7,10-12,21-23,25-29H2,(H,42,47)(H,43,48)/t36-,37+,38-,41-/m0/s1. The Balaban J connectivity index is 1.08. The van der Waals surface area contributed by atoms with Crippen molar-refractivity contribution in [2.45, 2.75) is 102 Å². The van der Waals surface area contributed by atoms with Crippen molar-refractivity contribution in [2.24, 2.45) is 0 Å². The number of hydrogen-bond donors (Lipinski definition) is 4. The average Bonchev–Trinajstić information content (AvgIpc) is 3.86. The van der Waals surface area contributed by atoms with Crippen LogP contribution in [0.5, 0.6) is 0 Å². The molecule has 0 aromatic heterocycles. The van der Waals surface area contributed by atoms with E-state index in [0.717, 1.165) is 65.9 Å². The van der Waals surface area contributed by atoms with Crippen LogP contribution in [0.1, 0.15) is 98.9 Å². The molecule has 3 aromatic rings. The lowest BCUT2D eigenvalue weighted by Crippen LogP contribution is -2.45. The number of nitrogens with zero attached hydrogens (tertiary/aromatic N) is 2. The van der Waals surface area contributed by atoms with Gasteiger partial charge in [0.25, 0.3) is 0 Å². The fraction of sp³-hybridized carbons (Fsp3) is 0.512. The highest BCUT2D eigenvalue weighted by Gasteiger charge is 2.36. The van der Waals surface area contributed by atoms with Crippen LogP contribution in [-0.2, 0) is 32.2 Å². The second-order valence-corrected chi connectivity index (χ2v) is 14.3. The first-order valence-corrected chi connectivity index (χ1v) is 18.8. The Morgan fingerprint density at radius 2 is 1.51 bits per heavy atom. The normalized spacial score (nSPS) is 22.6. The molecule has 3 saturated heterocycles. The minimum Gasteiger partial charge on any atom is -0.392 e. The van der Waals surface area contributed by atoms with Crippen LogP contribution < -0.4 is 10.8 Å². The summed E-state index contributed by atoms with van der Waals surface area (Å²) < 4.78 is 13.4. The molecule has 2 amide bonds. The Kier molecular flexibility index (Phi) is 13.6. The molecule has 3 fully saturated rings. The zero-order chi connectivity index (χ0) is 35.4. The van der Waals surface area contributed by atoms with Crippen LogP contribution in [0.3, 0.4) is 0 Å². The first kappa shape index (κ1) is 37.1. The summed E-state index contributed by atoms with van der Waals surface area (Å²) in [5, 5.41) is 21.2. The quantitative estimate of drug-likeness (QED) is 0.0814. The van der Waals surface area contributed by atoms with Crippen molar-refractivity contribution in [3.8, 4) is 11.1 Å². The molecule has 274 valence electrons. The first-order valence-electron chi connectivity index (χ1n) is 18.8. The van der Waals surface area contributed by atoms with E-state index in [1.807, 2.05) is 24.3 Å². The number of benzene rings is 3. The number of nitrogens with one attached hydrogen (secondary N) is 2. The molecule has 0 bridgehead atoms. The number of carbonyl (C=O) groups is 2. The van der Waals surface area contributed by atoms with Crippen LogP contribution in [0, 0.1) is 0 Å². The summed E-state index contributed by atoms with van der Waals surface area (Å²) in [7, 11) is 0. The fourth-order valence-electron chi connectivity index (χ4n) is 7.69. The molecule has 3 aliphatic heterocycles. The largest absolute Gasteiger partial charge is 0.392 e. The van der Waals surface area contributed by atoms with Gasteiger partial charge in [0.1, 0.15) is 0 Å². The predicted molar refractivity (Wildman–Crippen MR) is 195 cm³/mol. The third-order valence-corrected chi connectivity index (χ3v) is 10.6. The molecule has 0 spiro atoms. The SMILES string of the molecule is O=C(CCCCCC(=O)NCc1cccc(-c2ccc([C@H]3O[C@@H](CN4CCC[C@H]4CN4CCCC4)C[C@@H](c4ccc(CO)cc4)O3)cc2)c1)NO. The van der Waals surface area contributed by atoms with E-state index in [9.17, 15) is 14.7 Å².